The zero-order chi connectivity index (χ0) is 30.3. The van der Waals surface area contributed by atoms with Crippen molar-refractivity contribution in [1.82, 2.24) is 15.6 Å². The lowest BCUT2D eigenvalue weighted by molar-refractivity contribution is -0.136. The zero-order valence-corrected chi connectivity index (χ0v) is 24.7. The summed E-state index contributed by atoms with van der Waals surface area (Å²) in [5.74, 6) is -1.41. The fourth-order valence-corrected chi connectivity index (χ4v) is 5.16. The molecule has 1 saturated heterocycles. The van der Waals surface area contributed by atoms with Gasteiger partial charge in [0.25, 0.3) is 0 Å². The van der Waals surface area contributed by atoms with Crippen molar-refractivity contribution < 1.29 is 28.2 Å². The van der Waals surface area contributed by atoms with Crippen LogP contribution >= 0.6 is 23.2 Å². The molecule has 12 heteroatoms. The van der Waals surface area contributed by atoms with E-state index in [0.29, 0.717) is 50.5 Å². The Labute approximate surface area is 257 Å². The molecule has 3 aromatic carbocycles. The van der Waals surface area contributed by atoms with Crippen molar-refractivity contribution in [2.45, 2.75) is 19.4 Å². The Kier molecular flexibility index (Phi) is 9.81. The van der Waals surface area contributed by atoms with E-state index in [1.54, 1.807) is 36.5 Å². The second kappa shape index (κ2) is 13.9. The first-order chi connectivity index (χ1) is 20.8. The molecule has 0 aliphatic carbocycles. The van der Waals surface area contributed by atoms with E-state index < -0.39 is 17.6 Å². The lowest BCUT2D eigenvalue weighted by Crippen LogP contribution is -2.35. The number of carbonyl (C=O) groups is 2. The Hall–Kier alpha value is -4.12. The summed E-state index contributed by atoms with van der Waals surface area (Å²) >= 11 is 12.0. The fraction of sp³-hybridized carbons (Fsp3) is 0.258. The van der Waals surface area contributed by atoms with Crippen molar-refractivity contribution in [2.75, 3.05) is 32.1 Å². The quantitative estimate of drug-likeness (QED) is 0.192. The van der Waals surface area contributed by atoms with Gasteiger partial charge in [-0.25, -0.2) is 4.39 Å². The molecule has 2 heterocycles. The maximum Gasteiger partial charge on any atom is 0.313 e. The molecular formula is C31H29Cl2FN4O5. The Bertz CT molecular complexity index is 1650. The average molecular weight is 628 g/mol. The molecule has 1 aliphatic rings. The first kappa shape index (κ1) is 30.3. The number of anilines is 1. The topological polar surface area (TPSA) is 111 Å². The SMILES string of the molecule is COc1c(OCC2CCNCC2)cc2ncccc2c1Oc1ccc(NC(=O)C(=O)NCc2ccc(Cl)cc2Cl)cc1F. The molecule has 0 radical (unpaired) electrons. The first-order valence-corrected chi connectivity index (χ1v) is 14.4. The molecule has 43 heavy (non-hydrogen) atoms. The van der Waals surface area contributed by atoms with E-state index in [0.717, 1.165) is 32.0 Å². The molecule has 5 rings (SSSR count). The van der Waals surface area contributed by atoms with Crippen molar-refractivity contribution in [3.63, 3.8) is 0 Å². The maximum atomic E-state index is 15.3. The Morgan fingerprint density at radius 2 is 1.84 bits per heavy atom. The highest BCUT2D eigenvalue weighted by Crippen LogP contribution is 2.45. The van der Waals surface area contributed by atoms with Gasteiger partial charge in [0.15, 0.2) is 23.1 Å². The molecule has 0 saturated carbocycles. The van der Waals surface area contributed by atoms with Gasteiger partial charge in [-0.3, -0.25) is 14.6 Å². The van der Waals surface area contributed by atoms with E-state index in [4.69, 9.17) is 37.4 Å². The van der Waals surface area contributed by atoms with Crippen LogP contribution in [0, 0.1) is 11.7 Å². The summed E-state index contributed by atoms with van der Waals surface area (Å²) in [4.78, 5) is 29.2. The third-order valence-corrected chi connectivity index (χ3v) is 7.57. The van der Waals surface area contributed by atoms with Gasteiger partial charge in [-0.1, -0.05) is 29.3 Å². The predicted octanol–water partition coefficient (Wildman–Crippen LogP) is 6.11. The van der Waals surface area contributed by atoms with Crippen LogP contribution in [-0.2, 0) is 16.1 Å². The van der Waals surface area contributed by atoms with Crippen molar-refractivity contribution in [3.8, 4) is 23.0 Å². The van der Waals surface area contributed by atoms with Gasteiger partial charge in [0.05, 0.1) is 19.2 Å². The third-order valence-electron chi connectivity index (χ3n) is 6.98. The maximum absolute atomic E-state index is 15.3. The molecule has 4 aromatic rings. The van der Waals surface area contributed by atoms with Gasteiger partial charge in [-0.2, -0.15) is 0 Å². The van der Waals surface area contributed by atoms with Crippen LogP contribution in [0.3, 0.4) is 0 Å². The highest BCUT2D eigenvalue weighted by atomic mass is 35.5. The van der Waals surface area contributed by atoms with Crippen molar-refractivity contribution in [3.05, 3.63) is 82.2 Å². The number of fused-ring (bicyclic) bond motifs is 1. The van der Waals surface area contributed by atoms with E-state index in [1.165, 1.54) is 25.3 Å². The molecule has 0 unspecified atom stereocenters. The van der Waals surface area contributed by atoms with E-state index in [1.807, 2.05) is 0 Å². The normalized spacial score (nSPS) is 13.4. The summed E-state index contributed by atoms with van der Waals surface area (Å²) in [6.45, 7) is 2.39. The Morgan fingerprint density at radius 3 is 2.58 bits per heavy atom. The monoisotopic (exact) mass is 626 g/mol. The molecule has 0 atom stereocenters. The molecule has 1 aromatic heterocycles. The summed E-state index contributed by atoms with van der Waals surface area (Å²) in [5, 5.41) is 9.59. The highest BCUT2D eigenvalue weighted by molar-refractivity contribution is 6.39. The molecule has 0 bridgehead atoms. The minimum absolute atomic E-state index is 0.00861. The van der Waals surface area contributed by atoms with Crippen LogP contribution in [0.2, 0.25) is 10.0 Å². The van der Waals surface area contributed by atoms with Gasteiger partial charge in [-0.15, -0.1) is 0 Å². The summed E-state index contributed by atoms with van der Waals surface area (Å²) in [6.07, 6.45) is 3.65. The minimum atomic E-state index is -0.976. The number of hydrogen-bond acceptors (Lipinski definition) is 7. The summed E-state index contributed by atoms with van der Waals surface area (Å²) in [7, 11) is 1.49. The molecule has 0 spiro atoms. The standard InChI is InChI=1S/C31H29Cl2FN4O5/c1-41-29-27(42-17-18-8-11-35-12-9-18)15-25-22(3-2-10-36-25)28(29)43-26-7-6-21(14-24(26)34)38-31(40)30(39)37-16-19-4-5-20(32)13-23(19)33/h2-7,10,13-15,18,35H,8-9,11-12,16-17H2,1H3,(H,37,39)(H,38,40). The van der Waals surface area contributed by atoms with E-state index in [-0.39, 0.29) is 23.7 Å². The van der Waals surface area contributed by atoms with Gasteiger partial charge >= 0.3 is 11.8 Å². The number of aromatic nitrogens is 1. The number of piperidine rings is 1. The number of rotatable bonds is 9. The Balaban J connectivity index is 1.30. The van der Waals surface area contributed by atoms with Gasteiger partial charge in [0, 0.05) is 46.0 Å². The number of hydrogen-bond donors (Lipinski definition) is 3. The zero-order valence-electron chi connectivity index (χ0n) is 23.2. The van der Waals surface area contributed by atoms with Gasteiger partial charge in [0.1, 0.15) is 0 Å². The number of benzene rings is 3. The van der Waals surface area contributed by atoms with Crippen LogP contribution in [0.5, 0.6) is 23.0 Å². The predicted molar refractivity (Wildman–Crippen MR) is 163 cm³/mol. The van der Waals surface area contributed by atoms with Gasteiger partial charge in [0.2, 0.25) is 5.75 Å². The number of halogens is 3. The number of methoxy groups -OCH3 is 1. The smallest absolute Gasteiger partial charge is 0.313 e. The Morgan fingerprint density at radius 1 is 1.02 bits per heavy atom. The number of ether oxygens (including phenoxy) is 3. The molecule has 1 fully saturated rings. The second-order valence-corrected chi connectivity index (χ2v) is 10.8. The van der Waals surface area contributed by atoms with E-state index in [9.17, 15) is 9.59 Å². The molecule has 1 aliphatic heterocycles. The van der Waals surface area contributed by atoms with Crippen LogP contribution in [0.15, 0.2) is 60.8 Å². The summed E-state index contributed by atoms with van der Waals surface area (Å²) < 4.78 is 33.2. The lowest BCUT2D eigenvalue weighted by atomic mass is 9.99. The third kappa shape index (κ3) is 7.45. The molecule has 9 nitrogen and oxygen atoms in total. The van der Waals surface area contributed by atoms with Crippen LogP contribution in [-0.4, -0.2) is 43.6 Å². The van der Waals surface area contributed by atoms with Crippen molar-refractivity contribution in [2.24, 2.45) is 5.92 Å². The summed E-state index contributed by atoms with van der Waals surface area (Å²) in [6, 6.07) is 13.9. The van der Waals surface area contributed by atoms with Crippen molar-refractivity contribution in [1.29, 1.82) is 0 Å². The molecule has 2 amide bonds. The fourth-order valence-electron chi connectivity index (χ4n) is 4.69. The van der Waals surface area contributed by atoms with Gasteiger partial charge < -0.3 is 30.2 Å². The van der Waals surface area contributed by atoms with Gasteiger partial charge in [-0.05, 0) is 73.8 Å². The van der Waals surface area contributed by atoms with Crippen molar-refractivity contribution >= 4 is 51.6 Å². The van der Waals surface area contributed by atoms with Crippen LogP contribution in [0.1, 0.15) is 18.4 Å². The molecular weight excluding hydrogens is 598 g/mol. The van der Waals surface area contributed by atoms with E-state index >= 15 is 4.39 Å². The summed E-state index contributed by atoms with van der Waals surface area (Å²) in [5.41, 5.74) is 1.24. The molecule has 224 valence electrons. The van der Waals surface area contributed by atoms with Crippen LogP contribution in [0.25, 0.3) is 10.9 Å². The largest absolute Gasteiger partial charge is 0.490 e. The number of pyridine rings is 1. The number of amides is 2. The average Bonchev–Trinajstić information content (AvgIpc) is 3.01. The number of nitrogens with zero attached hydrogens (tertiary/aromatic N) is 1. The molecule has 3 N–H and O–H groups in total. The minimum Gasteiger partial charge on any atom is -0.490 e. The van der Waals surface area contributed by atoms with Crippen LogP contribution in [0.4, 0.5) is 10.1 Å². The highest BCUT2D eigenvalue weighted by Gasteiger charge is 2.22. The first-order valence-electron chi connectivity index (χ1n) is 13.6. The second-order valence-electron chi connectivity index (χ2n) is 9.93. The van der Waals surface area contributed by atoms with E-state index in [2.05, 4.69) is 20.9 Å². The lowest BCUT2D eigenvalue weighted by Gasteiger charge is -2.24. The van der Waals surface area contributed by atoms with Crippen LogP contribution < -0.4 is 30.2 Å². The number of carbonyl (C=O) groups excluding carboxylic acids is 2. The number of nitrogens with one attached hydrogen (secondary N) is 3.